The lowest BCUT2D eigenvalue weighted by atomic mass is 9.92. The molecule has 1 N–H and O–H groups in total. The number of rotatable bonds is 3. The standard InChI is InChI=1S/C15H14O4/c1-19-15(18)13-7-3-5-11(9-13)10-4-2-6-12(8-10)14(16)17/h2-6,8-9,13H,7H2,1H3,(H,16,17). The minimum Gasteiger partial charge on any atom is -0.478 e. The third kappa shape index (κ3) is 2.91. The maximum atomic E-state index is 11.5. The molecule has 19 heavy (non-hydrogen) atoms. The summed E-state index contributed by atoms with van der Waals surface area (Å²) in [6.07, 6.45) is 6.20. The second kappa shape index (κ2) is 5.52. The number of hydrogen-bond acceptors (Lipinski definition) is 3. The summed E-state index contributed by atoms with van der Waals surface area (Å²) in [4.78, 5) is 22.5. The first-order chi connectivity index (χ1) is 9.11. The van der Waals surface area contributed by atoms with E-state index in [1.807, 2.05) is 24.3 Å². The average molecular weight is 258 g/mol. The van der Waals surface area contributed by atoms with E-state index in [1.165, 1.54) is 13.2 Å². The molecule has 0 aliphatic heterocycles. The van der Waals surface area contributed by atoms with E-state index < -0.39 is 5.97 Å². The van der Waals surface area contributed by atoms with E-state index >= 15 is 0 Å². The summed E-state index contributed by atoms with van der Waals surface area (Å²) < 4.78 is 4.72. The number of allylic oxidation sites excluding steroid dienone is 3. The molecular weight excluding hydrogens is 244 g/mol. The Morgan fingerprint density at radius 1 is 1.37 bits per heavy atom. The molecule has 1 atom stereocenters. The third-order valence-corrected chi connectivity index (χ3v) is 3.01. The van der Waals surface area contributed by atoms with Crippen molar-refractivity contribution in [1.82, 2.24) is 0 Å². The molecule has 0 amide bonds. The van der Waals surface area contributed by atoms with Crippen molar-refractivity contribution in [2.75, 3.05) is 7.11 Å². The maximum absolute atomic E-state index is 11.5. The van der Waals surface area contributed by atoms with Crippen LogP contribution in [0.15, 0.2) is 42.5 Å². The Hall–Kier alpha value is -2.36. The van der Waals surface area contributed by atoms with Crippen molar-refractivity contribution in [3.8, 4) is 0 Å². The van der Waals surface area contributed by atoms with Crippen LogP contribution in [0.4, 0.5) is 0 Å². The van der Waals surface area contributed by atoms with Crippen LogP contribution in [-0.2, 0) is 9.53 Å². The Morgan fingerprint density at radius 2 is 2.16 bits per heavy atom. The zero-order valence-corrected chi connectivity index (χ0v) is 10.5. The Bertz CT molecular complexity index is 569. The molecule has 98 valence electrons. The largest absolute Gasteiger partial charge is 0.478 e. The summed E-state index contributed by atoms with van der Waals surface area (Å²) in [5.74, 6) is -1.55. The van der Waals surface area contributed by atoms with Gasteiger partial charge in [-0.05, 0) is 29.7 Å². The van der Waals surface area contributed by atoms with Gasteiger partial charge in [0.15, 0.2) is 0 Å². The zero-order chi connectivity index (χ0) is 13.8. The zero-order valence-electron chi connectivity index (χ0n) is 10.5. The summed E-state index contributed by atoms with van der Waals surface area (Å²) in [5.41, 5.74) is 1.85. The Balaban J connectivity index is 2.33. The number of esters is 1. The van der Waals surface area contributed by atoms with E-state index in [0.29, 0.717) is 6.42 Å². The third-order valence-electron chi connectivity index (χ3n) is 3.01. The Labute approximate surface area is 111 Å². The first-order valence-corrected chi connectivity index (χ1v) is 5.91. The van der Waals surface area contributed by atoms with Crippen LogP contribution in [0.5, 0.6) is 0 Å². The first kappa shape index (κ1) is 13.1. The number of ether oxygens (including phenoxy) is 1. The quantitative estimate of drug-likeness (QED) is 0.846. The van der Waals surface area contributed by atoms with Crippen molar-refractivity contribution >= 4 is 17.5 Å². The van der Waals surface area contributed by atoms with Crippen molar-refractivity contribution in [3.05, 3.63) is 53.6 Å². The minimum absolute atomic E-state index is 0.229. The van der Waals surface area contributed by atoms with E-state index in [4.69, 9.17) is 9.84 Å². The van der Waals surface area contributed by atoms with E-state index in [2.05, 4.69) is 0 Å². The van der Waals surface area contributed by atoms with Gasteiger partial charge in [0.1, 0.15) is 0 Å². The van der Waals surface area contributed by atoms with Crippen LogP contribution in [-0.4, -0.2) is 24.2 Å². The Morgan fingerprint density at radius 3 is 2.84 bits per heavy atom. The molecule has 0 saturated carbocycles. The van der Waals surface area contributed by atoms with Crippen LogP contribution >= 0.6 is 0 Å². The van der Waals surface area contributed by atoms with Crippen LogP contribution in [0.2, 0.25) is 0 Å². The number of benzene rings is 1. The molecule has 4 heteroatoms. The lowest BCUT2D eigenvalue weighted by Gasteiger charge is -2.15. The topological polar surface area (TPSA) is 63.6 Å². The highest BCUT2D eigenvalue weighted by atomic mass is 16.5. The summed E-state index contributed by atoms with van der Waals surface area (Å²) >= 11 is 0. The molecule has 0 bridgehead atoms. The summed E-state index contributed by atoms with van der Waals surface area (Å²) in [6, 6.07) is 6.65. The van der Waals surface area contributed by atoms with Gasteiger partial charge in [0.05, 0.1) is 18.6 Å². The van der Waals surface area contributed by atoms with Gasteiger partial charge < -0.3 is 9.84 Å². The van der Waals surface area contributed by atoms with Gasteiger partial charge in [-0.3, -0.25) is 4.79 Å². The van der Waals surface area contributed by atoms with Gasteiger partial charge in [0.2, 0.25) is 0 Å². The van der Waals surface area contributed by atoms with Gasteiger partial charge >= 0.3 is 11.9 Å². The molecule has 0 saturated heterocycles. The van der Waals surface area contributed by atoms with Crippen LogP contribution in [0.25, 0.3) is 5.57 Å². The fourth-order valence-electron chi connectivity index (χ4n) is 2.02. The molecule has 1 aromatic carbocycles. The van der Waals surface area contributed by atoms with Crippen molar-refractivity contribution in [3.63, 3.8) is 0 Å². The van der Waals surface area contributed by atoms with Crippen LogP contribution < -0.4 is 0 Å². The van der Waals surface area contributed by atoms with Gasteiger partial charge in [-0.15, -0.1) is 0 Å². The number of hydrogen-bond donors (Lipinski definition) is 1. The average Bonchev–Trinajstić information content (AvgIpc) is 2.46. The molecule has 0 radical (unpaired) electrons. The molecule has 1 aliphatic carbocycles. The highest BCUT2D eigenvalue weighted by molar-refractivity contribution is 5.90. The summed E-state index contributed by atoms with van der Waals surface area (Å²) in [6.45, 7) is 0. The predicted molar refractivity (Wildman–Crippen MR) is 70.6 cm³/mol. The van der Waals surface area contributed by atoms with Gasteiger partial charge in [-0.2, -0.15) is 0 Å². The number of methoxy groups -OCH3 is 1. The fourth-order valence-corrected chi connectivity index (χ4v) is 2.02. The second-order valence-electron chi connectivity index (χ2n) is 4.28. The van der Waals surface area contributed by atoms with Crippen LogP contribution in [0.1, 0.15) is 22.3 Å². The van der Waals surface area contributed by atoms with Crippen molar-refractivity contribution in [1.29, 1.82) is 0 Å². The highest BCUT2D eigenvalue weighted by Crippen LogP contribution is 2.26. The van der Waals surface area contributed by atoms with E-state index in [0.717, 1.165) is 11.1 Å². The van der Waals surface area contributed by atoms with Crippen LogP contribution in [0.3, 0.4) is 0 Å². The monoisotopic (exact) mass is 258 g/mol. The van der Waals surface area contributed by atoms with Gasteiger partial charge in [0.25, 0.3) is 0 Å². The summed E-state index contributed by atoms with van der Waals surface area (Å²) in [5, 5.41) is 8.97. The highest BCUT2D eigenvalue weighted by Gasteiger charge is 2.19. The van der Waals surface area contributed by atoms with Crippen molar-refractivity contribution < 1.29 is 19.4 Å². The molecule has 1 aromatic rings. The molecule has 0 fully saturated rings. The van der Waals surface area contributed by atoms with Crippen molar-refractivity contribution in [2.45, 2.75) is 6.42 Å². The lowest BCUT2D eigenvalue weighted by Crippen LogP contribution is -2.15. The van der Waals surface area contributed by atoms with E-state index in [1.54, 1.807) is 12.1 Å². The predicted octanol–water partition coefficient (Wildman–Crippen LogP) is 2.52. The van der Waals surface area contributed by atoms with Gasteiger partial charge in [-0.1, -0.05) is 30.4 Å². The van der Waals surface area contributed by atoms with Gasteiger partial charge in [-0.25, -0.2) is 4.79 Å². The van der Waals surface area contributed by atoms with E-state index in [-0.39, 0.29) is 17.5 Å². The first-order valence-electron chi connectivity index (χ1n) is 5.91. The molecule has 1 aliphatic rings. The summed E-state index contributed by atoms with van der Waals surface area (Å²) in [7, 11) is 1.36. The number of carboxylic acids is 1. The number of carbonyl (C=O) groups excluding carboxylic acids is 1. The molecule has 4 nitrogen and oxygen atoms in total. The van der Waals surface area contributed by atoms with Gasteiger partial charge in [0, 0.05) is 0 Å². The number of carbonyl (C=O) groups is 2. The smallest absolute Gasteiger partial charge is 0.335 e. The molecule has 0 heterocycles. The minimum atomic E-state index is -0.966. The fraction of sp³-hybridized carbons (Fsp3) is 0.200. The molecule has 0 spiro atoms. The molecular formula is C15H14O4. The molecule has 2 rings (SSSR count). The van der Waals surface area contributed by atoms with E-state index in [9.17, 15) is 9.59 Å². The molecule has 0 aromatic heterocycles. The SMILES string of the molecule is COC(=O)C1C=C(c2cccc(C(=O)O)c2)C=CC1. The van der Waals surface area contributed by atoms with Crippen molar-refractivity contribution in [2.24, 2.45) is 5.92 Å². The lowest BCUT2D eigenvalue weighted by molar-refractivity contribution is -0.143. The number of aromatic carboxylic acids is 1. The maximum Gasteiger partial charge on any atom is 0.335 e. The van der Waals surface area contributed by atoms with Crippen LogP contribution in [0, 0.1) is 5.92 Å². The molecule has 1 unspecified atom stereocenters. The number of carboxylic acid groups (broad SMARTS) is 1. The normalized spacial score (nSPS) is 17.7. The second-order valence-corrected chi connectivity index (χ2v) is 4.28. The Kier molecular flexibility index (Phi) is 3.80.